The summed E-state index contributed by atoms with van der Waals surface area (Å²) in [5.74, 6) is 1.63. The summed E-state index contributed by atoms with van der Waals surface area (Å²) >= 11 is 1.77. The standard InChI is InChI=1S/C9H14N2OS/c1-12-5-2-6-13-8-3-4-11-9(10)7-8/h3-4,7H,2,5-6H2,1H3,(H2,10,11). The molecule has 4 heteroatoms. The van der Waals surface area contributed by atoms with E-state index in [9.17, 15) is 0 Å². The van der Waals surface area contributed by atoms with Crippen molar-refractivity contribution in [2.24, 2.45) is 0 Å². The maximum absolute atomic E-state index is 5.54. The highest BCUT2D eigenvalue weighted by Crippen LogP contribution is 2.19. The SMILES string of the molecule is COCCCSc1ccnc(N)c1. The smallest absolute Gasteiger partial charge is 0.124 e. The van der Waals surface area contributed by atoms with Gasteiger partial charge in [0.25, 0.3) is 0 Å². The zero-order chi connectivity index (χ0) is 9.52. The van der Waals surface area contributed by atoms with Crippen LogP contribution in [0, 0.1) is 0 Å². The molecule has 2 N–H and O–H groups in total. The van der Waals surface area contributed by atoms with Crippen LogP contribution in [0.25, 0.3) is 0 Å². The molecule has 0 bridgehead atoms. The molecule has 0 aliphatic carbocycles. The van der Waals surface area contributed by atoms with E-state index in [4.69, 9.17) is 10.5 Å². The molecule has 0 aliphatic heterocycles. The molecule has 13 heavy (non-hydrogen) atoms. The third kappa shape index (κ3) is 4.15. The largest absolute Gasteiger partial charge is 0.385 e. The first-order chi connectivity index (χ1) is 6.33. The lowest BCUT2D eigenvalue weighted by molar-refractivity contribution is 0.200. The summed E-state index contributed by atoms with van der Waals surface area (Å²) in [7, 11) is 1.72. The maximum Gasteiger partial charge on any atom is 0.124 e. The second kappa shape index (κ2) is 5.83. The van der Waals surface area contributed by atoms with Gasteiger partial charge in [-0.15, -0.1) is 11.8 Å². The number of nitrogens with zero attached hydrogens (tertiary/aromatic N) is 1. The van der Waals surface area contributed by atoms with Gasteiger partial charge in [0.2, 0.25) is 0 Å². The second-order valence-corrected chi connectivity index (χ2v) is 3.78. The molecule has 0 radical (unpaired) electrons. The van der Waals surface area contributed by atoms with Crippen LogP contribution in [0.2, 0.25) is 0 Å². The van der Waals surface area contributed by atoms with E-state index < -0.39 is 0 Å². The van der Waals surface area contributed by atoms with E-state index in [0.29, 0.717) is 5.82 Å². The minimum atomic E-state index is 0.580. The number of nitrogen functional groups attached to an aromatic ring is 1. The number of nitrogens with two attached hydrogens (primary N) is 1. The average molecular weight is 198 g/mol. The van der Waals surface area contributed by atoms with Crippen molar-refractivity contribution in [2.45, 2.75) is 11.3 Å². The van der Waals surface area contributed by atoms with Gasteiger partial charge in [0.1, 0.15) is 5.82 Å². The Morgan fingerprint density at radius 2 is 2.46 bits per heavy atom. The zero-order valence-electron chi connectivity index (χ0n) is 7.69. The predicted octanol–water partition coefficient (Wildman–Crippen LogP) is 1.79. The summed E-state index contributed by atoms with van der Waals surface area (Å²) in [5, 5.41) is 0. The van der Waals surface area contributed by atoms with Crippen LogP contribution in [0.5, 0.6) is 0 Å². The predicted molar refractivity (Wildman–Crippen MR) is 55.9 cm³/mol. The van der Waals surface area contributed by atoms with E-state index in [1.165, 1.54) is 4.90 Å². The van der Waals surface area contributed by atoms with E-state index in [-0.39, 0.29) is 0 Å². The fourth-order valence-electron chi connectivity index (χ4n) is 0.911. The highest BCUT2D eigenvalue weighted by molar-refractivity contribution is 7.99. The van der Waals surface area contributed by atoms with Crippen LogP contribution in [0.3, 0.4) is 0 Å². The number of thioether (sulfide) groups is 1. The van der Waals surface area contributed by atoms with Gasteiger partial charge < -0.3 is 10.5 Å². The first kappa shape index (κ1) is 10.3. The molecule has 1 aromatic rings. The highest BCUT2D eigenvalue weighted by Gasteiger charge is 1.94. The second-order valence-electron chi connectivity index (χ2n) is 2.61. The molecule has 0 saturated heterocycles. The van der Waals surface area contributed by atoms with Gasteiger partial charge in [0.05, 0.1) is 0 Å². The van der Waals surface area contributed by atoms with Crippen LogP contribution < -0.4 is 5.73 Å². The number of hydrogen-bond acceptors (Lipinski definition) is 4. The van der Waals surface area contributed by atoms with Gasteiger partial charge in [-0.25, -0.2) is 4.98 Å². The van der Waals surface area contributed by atoms with Gasteiger partial charge in [-0.05, 0) is 18.6 Å². The molecule has 0 unspecified atom stereocenters. The molecule has 0 amide bonds. The Balaban J connectivity index is 2.28. The number of aromatic nitrogens is 1. The van der Waals surface area contributed by atoms with Crippen LogP contribution >= 0.6 is 11.8 Å². The van der Waals surface area contributed by atoms with Crippen LogP contribution in [0.1, 0.15) is 6.42 Å². The molecule has 1 aromatic heterocycles. The Morgan fingerprint density at radius 1 is 1.62 bits per heavy atom. The van der Waals surface area contributed by atoms with E-state index in [1.807, 2.05) is 12.1 Å². The normalized spacial score (nSPS) is 10.2. The zero-order valence-corrected chi connectivity index (χ0v) is 8.51. The lowest BCUT2D eigenvalue weighted by Crippen LogP contribution is -1.91. The van der Waals surface area contributed by atoms with Crippen molar-refractivity contribution < 1.29 is 4.74 Å². The molecular formula is C9H14N2OS. The Bertz CT molecular complexity index is 255. The molecule has 1 heterocycles. The molecular weight excluding hydrogens is 184 g/mol. The van der Waals surface area contributed by atoms with Crippen molar-refractivity contribution in [3.8, 4) is 0 Å². The summed E-state index contributed by atoms with van der Waals surface area (Å²) in [4.78, 5) is 5.09. The van der Waals surface area contributed by atoms with Crippen molar-refractivity contribution in [1.29, 1.82) is 0 Å². The summed E-state index contributed by atoms with van der Waals surface area (Å²) in [6.07, 6.45) is 2.79. The highest BCUT2D eigenvalue weighted by atomic mass is 32.2. The van der Waals surface area contributed by atoms with Gasteiger partial charge in [-0.3, -0.25) is 0 Å². The number of methoxy groups -OCH3 is 1. The van der Waals surface area contributed by atoms with Gasteiger partial charge in [-0.2, -0.15) is 0 Å². The molecule has 0 atom stereocenters. The number of rotatable bonds is 5. The minimum absolute atomic E-state index is 0.580. The fourth-order valence-corrected chi connectivity index (χ4v) is 1.77. The Morgan fingerprint density at radius 3 is 3.15 bits per heavy atom. The molecule has 72 valence electrons. The van der Waals surface area contributed by atoms with Crippen molar-refractivity contribution in [3.05, 3.63) is 18.3 Å². The third-order valence-electron chi connectivity index (χ3n) is 1.51. The molecule has 0 saturated carbocycles. The number of pyridine rings is 1. The first-order valence-corrected chi connectivity index (χ1v) is 5.15. The number of anilines is 1. The number of hydrogen-bond donors (Lipinski definition) is 1. The molecule has 0 aromatic carbocycles. The molecule has 0 aliphatic rings. The fraction of sp³-hybridized carbons (Fsp3) is 0.444. The van der Waals surface area contributed by atoms with Gasteiger partial charge >= 0.3 is 0 Å². The van der Waals surface area contributed by atoms with Gasteiger partial charge in [-0.1, -0.05) is 0 Å². The van der Waals surface area contributed by atoms with E-state index in [2.05, 4.69) is 4.98 Å². The van der Waals surface area contributed by atoms with Crippen LogP contribution in [-0.4, -0.2) is 24.5 Å². The van der Waals surface area contributed by atoms with E-state index >= 15 is 0 Å². The van der Waals surface area contributed by atoms with Crippen molar-refractivity contribution >= 4 is 17.6 Å². The quantitative estimate of drug-likeness (QED) is 0.579. The van der Waals surface area contributed by atoms with Gasteiger partial charge in [0.15, 0.2) is 0 Å². The summed E-state index contributed by atoms with van der Waals surface area (Å²) in [6, 6.07) is 3.85. The summed E-state index contributed by atoms with van der Waals surface area (Å²) in [5.41, 5.74) is 5.54. The van der Waals surface area contributed by atoms with Crippen LogP contribution in [0.4, 0.5) is 5.82 Å². The van der Waals surface area contributed by atoms with Crippen LogP contribution in [0.15, 0.2) is 23.2 Å². The minimum Gasteiger partial charge on any atom is -0.385 e. The number of ether oxygens (including phenoxy) is 1. The lowest BCUT2D eigenvalue weighted by Gasteiger charge is -2.01. The van der Waals surface area contributed by atoms with Crippen molar-refractivity contribution in [3.63, 3.8) is 0 Å². The lowest BCUT2D eigenvalue weighted by atomic mass is 10.5. The average Bonchev–Trinajstić information content (AvgIpc) is 2.13. The molecule has 1 rings (SSSR count). The van der Waals surface area contributed by atoms with Gasteiger partial charge in [0, 0.05) is 30.6 Å². The molecule has 0 spiro atoms. The third-order valence-corrected chi connectivity index (χ3v) is 2.59. The Labute approximate surface area is 82.7 Å². The first-order valence-electron chi connectivity index (χ1n) is 4.16. The van der Waals surface area contributed by atoms with E-state index in [0.717, 1.165) is 18.8 Å². The molecule has 0 fully saturated rings. The van der Waals surface area contributed by atoms with Crippen molar-refractivity contribution in [1.82, 2.24) is 4.98 Å². The maximum atomic E-state index is 5.54. The Hall–Kier alpha value is -0.740. The molecule has 3 nitrogen and oxygen atoms in total. The Kier molecular flexibility index (Phi) is 4.64. The van der Waals surface area contributed by atoms with Crippen LogP contribution in [-0.2, 0) is 4.74 Å². The van der Waals surface area contributed by atoms with E-state index in [1.54, 1.807) is 25.1 Å². The monoisotopic (exact) mass is 198 g/mol. The topological polar surface area (TPSA) is 48.1 Å². The van der Waals surface area contributed by atoms with Crippen molar-refractivity contribution in [2.75, 3.05) is 25.2 Å². The summed E-state index contributed by atoms with van der Waals surface area (Å²) < 4.78 is 4.95. The summed E-state index contributed by atoms with van der Waals surface area (Å²) in [6.45, 7) is 0.813.